The zero-order valence-electron chi connectivity index (χ0n) is 30.2. The molecule has 3 heterocycles. The van der Waals surface area contributed by atoms with Gasteiger partial charge in [0.05, 0.1) is 29.4 Å². The van der Waals surface area contributed by atoms with Crippen molar-refractivity contribution in [2.24, 2.45) is 5.92 Å². The molecule has 5 aromatic carbocycles. The molecule has 10 rings (SSSR count). The van der Waals surface area contributed by atoms with Crippen LogP contribution in [-0.2, 0) is 5.41 Å². The molecule has 52 heavy (non-hydrogen) atoms. The summed E-state index contributed by atoms with van der Waals surface area (Å²) in [6.45, 7) is 7.64. The summed E-state index contributed by atoms with van der Waals surface area (Å²) in [7, 11) is 0. The number of para-hydroxylation sites is 3. The first-order chi connectivity index (χ1) is 25.3. The molecule has 2 bridgehead atoms. The van der Waals surface area contributed by atoms with Crippen LogP contribution in [0.1, 0.15) is 58.4 Å². The molecule has 0 unspecified atom stereocenters. The molecule has 0 amide bonds. The summed E-state index contributed by atoms with van der Waals surface area (Å²) in [4.78, 5) is 12.5. The molecule has 0 atom stereocenters. The first-order valence-corrected chi connectivity index (χ1v) is 18.9. The maximum absolute atomic E-state index is 6.80. The number of nitrogens with zero attached hydrogens (tertiary/aromatic N) is 4. The molecule has 0 saturated heterocycles. The number of aromatic nitrogens is 1. The second-order valence-electron chi connectivity index (χ2n) is 16.2. The molecule has 0 radical (unpaired) electrons. The number of anilines is 6. The normalized spacial score (nSPS) is 19.9. The van der Waals surface area contributed by atoms with E-state index in [1.807, 2.05) is 6.20 Å². The van der Waals surface area contributed by atoms with Gasteiger partial charge in [-0.2, -0.15) is 0 Å². The van der Waals surface area contributed by atoms with Gasteiger partial charge < -0.3 is 14.5 Å². The van der Waals surface area contributed by atoms with Crippen LogP contribution in [-0.4, -0.2) is 17.2 Å². The van der Waals surface area contributed by atoms with Crippen LogP contribution in [0.4, 0.5) is 34.3 Å². The van der Waals surface area contributed by atoms with Crippen LogP contribution in [0.3, 0.4) is 0 Å². The van der Waals surface area contributed by atoms with Gasteiger partial charge in [-0.25, -0.2) is 4.98 Å². The Hall–Kier alpha value is -5.55. The largest absolute Gasteiger partial charge is 0.457 e. The monoisotopic (exact) mass is 680 g/mol. The van der Waals surface area contributed by atoms with Gasteiger partial charge in [-0.05, 0) is 115 Å². The minimum Gasteiger partial charge on any atom is -0.457 e. The number of pyridine rings is 1. The highest BCUT2D eigenvalue weighted by Gasteiger charge is 2.51. The van der Waals surface area contributed by atoms with Crippen LogP contribution in [0.25, 0.3) is 22.3 Å². The zero-order chi connectivity index (χ0) is 35.0. The van der Waals surface area contributed by atoms with Crippen molar-refractivity contribution in [2.45, 2.75) is 63.8 Å². The number of fused-ring (bicyclic) bond motifs is 8. The number of benzene rings is 5. The van der Waals surface area contributed by atoms with Crippen LogP contribution in [0.5, 0.6) is 11.5 Å². The molecule has 2 saturated carbocycles. The predicted octanol–water partition coefficient (Wildman–Crippen LogP) is 12.5. The SMILES string of the molecule is CC(C)(C)c1ccnc(N2c3ccccc3-c3ccccc3-c3ccc(Oc4cccc(N5CN(C67CCC(CC6)C7)c6ccccc65)c4)cc32)c1. The molecule has 1 aromatic heterocycles. The number of ether oxygens (including phenoxy) is 1. The van der Waals surface area contributed by atoms with Gasteiger partial charge in [-0.15, -0.1) is 0 Å². The summed E-state index contributed by atoms with van der Waals surface area (Å²) in [5.41, 5.74) is 12.2. The van der Waals surface area contributed by atoms with Crippen molar-refractivity contribution in [1.29, 1.82) is 0 Å². The Balaban J connectivity index is 1.05. The van der Waals surface area contributed by atoms with E-state index in [9.17, 15) is 0 Å². The minimum atomic E-state index is -0.0198. The average molecular weight is 681 g/mol. The highest BCUT2D eigenvalue weighted by atomic mass is 16.5. The average Bonchev–Trinajstić information content (AvgIpc) is 3.88. The van der Waals surface area contributed by atoms with Crippen LogP contribution in [0.15, 0.2) is 134 Å². The minimum absolute atomic E-state index is 0.0198. The summed E-state index contributed by atoms with van der Waals surface area (Å²) in [6, 6.07) is 45.8. The molecule has 258 valence electrons. The van der Waals surface area contributed by atoms with Crippen molar-refractivity contribution >= 4 is 34.3 Å². The maximum atomic E-state index is 6.80. The van der Waals surface area contributed by atoms with E-state index in [0.29, 0.717) is 5.54 Å². The summed E-state index contributed by atoms with van der Waals surface area (Å²) in [5, 5.41) is 0. The quantitative estimate of drug-likeness (QED) is 0.181. The molecule has 2 aliphatic carbocycles. The summed E-state index contributed by atoms with van der Waals surface area (Å²) < 4.78 is 6.80. The van der Waals surface area contributed by atoms with Gasteiger partial charge in [0.15, 0.2) is 0 Å². The van der Waals surface area contributed by atoms with Crippen LogP contribution < -0.4 is 19.4 Å². The molecule has 6 aromatic rings. The Morgan fingerprint density at radius 2 is 1.31 bits per heavy atom. The third-order valence-electron chi connectivity index (χ3n) is 12.1. The van der Waals surface area contributed by atoms with Crippen molar-refractivity contribution in [2.75, 3.05) is 21.4 Å². The molecule has 0 spiro atoms. The second-order valence-corrected chi connectivity index (χ2v) is 16.2. The van der Waals surface area contributed by atoms with Gasteiger partial charge in [-0.3, -0.25) is 4.90 Å². The molecular weight excluding hydrogens is 637 g/mol. The van der Waals surface area contributed by atoms with Gasteiger partial charge in [0.1, 0.15) is 17.3 Å². The summed E-state index contributed by atoms with van der Waals surface area (Å²) >= 11 is 0. The van der Waals surface area contributed by atoms with E-state index in [4.69, 9.17) is 9.72 Å². The summed E-state index contributed by atoms with van der Waals surface area (Å²) in [5.74, 6) is 3.40. The topological polar surface area (TPSA) is 31.8 Å². The Labute approximate surface area is 307 Å². The van der Waals surface area contributed by atoms with E-state index in [-0.39, 0.29) is 5.41 Å². The number of rotatable bonds is 5. The van der Waals surface area contributed by atoms with E-state index in [1.165, 1.54) is 65.7 Å². The zero-order valence-corrected chi connectivity index (χ0v) is 30.2. The van der Waals surface area contributed by atoms with Gasteiger partial charge in [0.25, 0.3) is 0 Å². The van der Waals surface area contributed by atoms with E-state index in [2.05, 4.69) is 163 Å². The van der Waals surface area contributed by atoms with Gasteiger partial charge in [0, 0.05) is 40.7 Å². The standard InChI is InChI=1S/C47H44N4O/c1-46(2,3)33-23-26-48-45(27-33)51-41-16-7-6-15-39(41)37-13-4-5-14-38(37)40-20-19-36(29-44(40)51)52-35-12-10-11-34(28-35)49-31-50(43-18-9-8-17-42(43)49)47-24-21-32(30-47)22-25-47/h4-20,23,26-29,32H,21-22,24-25,30-31H2,1-3H3. The van der Waals surface area contributed by atoms with E-state index < -0.39 is 0 Å². The number of hydrogen-bond donors (Lipinski definition) is 0. The smallest absolute Gasteiger partial charge is 0.137 e. The lowest BCUT2D eigenvalue weighted by molar-refractivity contribution is 0.390. The van der Waals surface area contributed by atoms with Crippen molar-refractivity contribution in [1.82, 2.24) is 4.98 Å². The lowest BCUT2D eigenvalue weighted by Crippen LogP contribution is -2.46. The highest BCUT2D eigenvalue weighted by Crippen LogP contribution is 2.56. The van der Waals surface area contributed by atoms with E-state index in [0.717, 1.165) is 52.5 Å². The van der Waals surface area contributed by atoms with Gasteiger partial charge in [-0.1, -0.05) is 81.4 Å². The van der Waals surface area contributed by atoms with E-state index >= 15 is 0 Å². The van der Waals surface area contributed by atoms with Crippen molar-refractivity contribution < 1.29 is 4.74 Å². The van der Waals surface area contributed by atoms with Crippen LogP contribution in [0.2, 0.25) is 0 Å². The molecular formula is C47H44N4O. The Kier molecular flexibility index (Phi) is 7.05. The molecule has 2 fully saturated rings. The lowest BCUT2D eigenvalue weighted by Gasteiger charge is -2.39. The fraction of sp³-hybridized carbons (Fsp3) is 0.255. The molecule has 5 nitrogen and oxygen atoms in total. The van der Waals surface area contributed by atoms with Gasteiger partial charge in [0.2, 0.25) is 0 Å². The van der Waals surface area contributed by atoms with Crippen molar-refractivity contribution in [3.05, 3.63) is 139 Å². The van der Waals surface area contributed by atoms with Crippen molar-refractivity contribution in [3.63, 3.8) is 0 Å². The Morgan fingerprint density at radius 3 is 2.04 bits per heavy atom. The Morgan fingerprint density at radius 1 is 0.635 bits per heavy atom. The fourth-order valence-electron chi connectivity index (χ4n) is 9.45. The first-order valence-electron chi connectivity index (χ1n) is 18.9. The van der Waals surface area contributed by atoms with E-state index in [1.54, 1.807) is 0 Å². The third-order valence-corrected chi connectivity index (χ3v) is 12.1. The third kappa shape index (κ3) is 5.01. The molecule has 0 N–H and O–H groups in total. The van der Waals surface area contributed by atoms with Gasteiger partial charge >= 0.3 is 0 Å². The molecule has 4 aliphatic rings. The lowest BCUT2D eigenvalue weighted by atomic mass is 9.87. The highest BCUT2D eigenvalue weighted by molar-refractivity contribution is 6.02. The Bertz CT molecular complexity index is 2330. The first kappa shape index (κ1) is 31.2. The van der Waals surface area contributed by atoms with Crippen molar-refractivity contribution in [3.8, 4) is 33.8 Å². The molecule has 2 aliphatic heterocycles. The summed E-state index contributed by atoms with van der Waals surface area (Å²) in [6.07, 6.45) is 8.63. The van der Waals surface area contributed by atoms with Crippen LogP contribution >= 0.6 is 0 Å². The molecule has 5 heteroatoms. The number of hydrogen-bond acceptors (Lipinski definition) is 5. The van der Waals surface area contributed by atoms with Crippen LogP contribution in [0, 0.1) is 5.92 Å². The maximum Gasteiger partial charge on any atom is 0.137 e. The fourth-order valence-corrected chi connectivity index (χ4v) is 9.45. The predicted molar refractivity (Wildman–Crippen MR) is 214 cm³/mol. The second kappa shape index (κ2) is 11.7.